The summed E-state index contributed by atoms with van der Waals surface area (Å²) in [4.78, 5) is 29.1. The Hall–Kier alpha value is -3.62. The molecule has 0 radical (unpaired) electrons. The van der Waals surface area contributed by atoms with E-state index in [1.165, 1.54) is 37.5 Å². The molecule has 2 heterocycles. The van der Waals surface area contributed by atoms with E-state index in [0.717, 1.165) is 31.5 Å². The first-order chi connectivity index (χ1) is 16.1. The normalized spacial score (nSPS) is 16.8. The van der Waals surface area contributed by atoms with Crippen LogP contribution in [-0.2, 0) is 6.54 Å². The topological polar surface area (TPSA) is 119 Å². The van der Waals surface area contributed by atoms with Crippen LogP contribution in [0.5, 0.6) is 0 Å². The van der Waals surface area contributed by atoms with Crippen molar-refractivity contribution in [2.75, 3.05) is 0 Å². The van der Waals surface area contributed by atoms with Crippen molar-refractivity contribution in [3.8, 4) is 0 Å². The Balaban J connectivity index is 1.32. The Morgan fingerprint density at radius 3 is 2.76 bits per heavy atom. The van der Waals surface area contributed by atoms with Crippen LogP contribution in [0.1, 0.15) is 71.9 Å². The lowest BCUT2D eigenvalue weighted by Gasteiger charge is -2.09. The lowest BCUT2D eigenvalue weighted by Crippen LogP contribution is -2.24. The van der Waals surface area contributed by atoms with Gasteiger partial charge in [0.15, 0.2) is 11.3 Å². The number of carbonyl (C=O) groups is 1. The second-order valence-electron chi connectivity index (χ2n) is 8.74. The SMILES string of the molecule is N=C/C(=C\NC1CC1)c1cc(F)cc(CNC(=O)c2ncnc3nc(C4CCCC4)[nH]c23)c1. The average molecular weight is 448 g/mol. The Labute approximate surface area is 190 Å². The van der Waals surface area contributed by atoms with Crippen LogP contribution in [0.3, 0.4) is 0 Å². The molecule has 0 aliphatic heterocycles. The largest absolute Gasteiger partial charge is 0.388 e. The predicted molar refractivity (Wildman–Crippen MR) is 123 cm³/mol. The molecule has 33 heavy (non-hydrogen) atoms. The van der Waals surface area contributed by atoms with Crippen LogP contribution in [0.2, 0.25) is 0 Å². The number of aromatic amines is 1. The fourth-order valence-electron chi connectivity index (χ4n) is 4.26. The molecule has 0 atom stereocenters. The lowest BCUT2D eigenvalue weighted by molar-refractivity contribution is 0.0947. The molecule has 1 aromatic carbocycles. The molecule has 9 heteroatoms. The van der Waals surface area contributed by atoms with Crippen LogP contribution in [0.4, 0.5) is 4.39 Å². The van der Waals surface area contributed by atoms with E-state index in [-0.39, 0.29) is 18.1 Å². The molecule has 3 aromatic rings. The number of hydrogen-bond acceptors (Lipinski definition) is 6. The molecule has 2 aromatic heterocycles. The van der Waals surface area contributed by atoms with E-state index in [9.17, 15) is 9.18 Å². The smallest absolute Gasteiger partial charge is 0.272 e. The fourth-order valence-corrected chi connectivity index (χ4v) is 4.26. The van der Waals surface area contributed by atoms with E-state index in [0.29, 0.717) is 39.8 Å². The van der Waals surface area contributed by atoms with Gasteiger partial charge in [-0.1, -0.05) is 12.8 Å². The average Bonchev–Trinajstić information content (AvgIpc) is 3.29. The van der Waals surface area contributed by atoms with E-state index >= 15 is 0 Å². The summed E-state index contributed by atoms with van der Waals surface area (Å²) in [6, 6.07) is 4.98. The molecule has 170 valence electrons. The molecule has 2 aliphatic carbocycles. The molecule has 0 spiro atoms. The van der Waals surface area contributed by atoms with Gasteiger partial charge in [-0.05, 0) is 55.0 Å². The molecular weight excluding hydrogens is 421 g/mol. The zero-order valence-electron chi connectivity index (χ0n) is 18.2. The Bertz CT molecular complexity index is 1220. The van der Waals surface area contributed by atoms with Gasteiger partial charge in [-0.15, -0.1) is 0 Å². The minimum atomic E-state index is -0.421. The second kappa shape index (κ2) is 9.09. The van der Waals surface area contributed by atoms with Gasteiger partial charge >= 0.3 is 0 Å². The third kappa shape index (κ3) is 4.76. The van der Waals surface area contributed by atoms with Gasteiger partial charge in [0.2, 0.25) is 0 Å². The summed E-state index contributed by atoms with van der Waals surface area (Å²) in [5, 5.41) is 13.7. The van der Waals surface area contributed by atoms with Crippen LogP contribution in [0, 0.1) is 11.2 Å². The van der Waals surface area contributed by atoms with Gasteiger partial charge < -0.3 is 21.0 Å². The highest BCUT2D eigenvalue weighted by Crippen LogP contribution is 2.33. The first-order valence-electron chi connectivity index (χ1n) is 11.4. The Morgan fingerprint density at radius 2 is 2.00 bits per heavy atom. The monoisotopic (exact) mass is 447 g/mol. The van der Waals surface area contributed by atoms with Gasteiger partial charge in [0.25, 0.3) is 5.91 Å². The molecule has 8 nitrogen and oxygen atoms in total. The quantitative estimate of drug-likeness (QED) is 0.391. The van der Waals surface area contributed by atoms with Crippen LogP contribution in [0.25, 0.3) is 16.7 Å². The number of fused-ring (bicyclic) bond motifs is 1. The van der Waals surface area contributed by atoms with Crippen LogP contribution in [0.15, 0.2) is 30.7 Å². The lowest BCUT2D eigenvalue weighted by atomic mass is 10.0. The van der Waals surface area contributed by atoms with Gasteiger partial charge in [0.1, 0.15) is 23.5 Å². The maximum atomic E-state index is 14.3. The number of H-pyrrole nitrogens is 1. The molecule has 5 rings (SSSR count). The predicted octanol–water partition coefficient (Wildman–Crippen LogP) is 3.82. The minimum absolute atomic E-state index is 0.125. The van der Waals surface area contributed by atoms with E-state index in [2.05, 4.69) is 30.6 Å². The summed E-state index contributed by atoms with van der Waals surface area (Å²) in [6.07, 6.45) is 11.0. The Kier molecular flexibility index (Phi) is 5.85. The van der Waals surface area contributed by atoms with Crippen molar-refractivity contribution in [1.82, 2.24) is 30.6 Å². The van der Waals surface area contributed by atoms with Gasteiger partial charge in [-0.25, -0.2) is 19.3 Å². The number of benzene rings is 1. The van der Waals surface area contributed by atoms with Crippen molar-refractivity contribution >= 4 is 28.9 Å². The molecule has 2 fully saturated rings. The molecule has 2 saturated carbocycles. The molecular formula is C24H26FN7O. The van der Waals surface area contributed by atoms with Gasteiger partial charge in [-0.2, -0.15) is 0 Å². The molecule has 1 amide bonds. The number of carbonyl (C=O) groups excluding carboxylic acids is 1. The zero-order chi connectivity index (χ0) is 22.8. The van der Waals surface area contributed by atoms with Crippen molar-refractivity contribution in [3.05, 3.63) is 59.2 Å². The number of nitrogens with one attached hydrogen (secondary N) is 4. The number of imidazole rings is 1. The van der Waals surface area contributed by atoms with E-state index in [4.69, 9.17) is 5.41 Å². The molecule has 2 aliphatic rings. The number of halogens is 1. The maximum absolute atomic E-state index is 14.3. The van der Waals surface area contributed by atoms with E-state index in [1.807, 2.05) is 0 Å². The number of nitrogens with zero attached hydrogens (tertiary/aromatic N) is 3. The fraction of sp³-hybridized carbons (Fsp3) is 0.375. The first-order valence-corrected chi connectivity index (χ1v) is 11.4. The summed E-state index contributed by atoms with van der Waals surface area (Å²) >= 11 is 0. The van der Waals surface area contributed by atoms with Crippen molar-refractivity contribution in [2.24, 2.45) is 0 Å². The molecule has 0 unspecified atom stereocenters. The third-order valence-electron chi connectivity index (χ3n) is 6.21. The van der Waals surface area contributed by atoms with Gasteiger partial charge in [-0.3, -0.25) is 4.79 Å². The standard InChI is InChI=1S/C24H26FN7O/c25-18-8-14(7-16(9-18)17(10-26)12-27-19-5-6-19)11-28-24(33)21-20-23(30-13-29-21)32-22(31-20)15-3-1-2-4-15/h7-10,12-13,15,19,26-27H,1-6,11H2,(H,28,33)(H,29,30,31,32)/b17-12+,26-10?. The summed E-state index contributed by atoms with van der Waals surface area (Å²) in [5.74, 6) is 0.423. The number of hydrogen-bond donors (Lipinski definition) is 4. The Morgan fingerprint density at radius 1 is 1.18 bits per heavy atom. The van der Waals surface area contributed by atoms with Gasteiger partial charge in [0, 0.05) is 36.5 Å². The van der Waals surface area contributed by atoms with Crippen molar-refractivity contribution < 1.29 is 9.18 Å². The molecule has 0 bridgehead atoms. The highest BCUT2D eigenvalue weighted by Gasteiger charge is 2.23. The first kappa shape index (κ1) is 21.2. The highest BCUT2D eigenvalue weighted by atomic mass is 19.1. The van der Waals surface area contributed by atoms with Crippen molar-refractivity contribution in [1.29, 1.82) is 5.41 Å². The third-order valence-corrected chi connectivity index (χ3v) is 6.21. The number of allylic oxidation sites excluding steroid dienone is 1. The molecule has 0 saturated heterocycles. The number of amides is 1. The van der Waals surface area contributed by atoms with Crippen LogP contribution >= 0.6 is 0 Å². The van der Waals surface area contributed by atoms with Crippen LogP contribution in [-0.4, -0.2) is 38.1 Å². The number of rotatable bonds is 8. The molecule has 4 N–H and O–H groups in total. The van der Waals surface area contributed by atoms with Gasteiger partial charge in [0.05, 0.1) is 0 Å². The summed E-state index contributed by atoms with van der Waals surface area (Å²) in [5.41, 5.74) is 3.00. The summed E-state index contributed by atoms with van der Waals surface area (Å²) < 4.78 is 14.3. The maximum Gasteiger partial charge on any atom is 0.272 e. The number of aromatic nitrogens is 4. The summed E-state index contributed by atoms with van der Waals surface area (Å²) in [6.45, 7) is 0.125. The van der Waals surface area contributed by atoms with Crippen LogP contribution < -0.4 is 10.6 Å². The second-order valence-corrected chi connectivity index (χ2v) is 8.74. The highest BCUT2D eigenvalue weighted by molar-refractivity contribution is 6.08. The minimum Gasteiger partial charge on any atom is -0.388 e. The van der Waals surface area contributed by atoms with Crippen molar-refractivity contribution in [2.45, 2.75) is 57.0 Å². The summed E-state index contributed by atoms with van der Waals surface area (Å²) in [7, 11) is 0. The zero-order valence-corrected chi connectivity index (χ0v) is 18.2. The van der Waals surface area contributed by atoms with Crippen molar-refractivity contribution in [3.63, 3.8) is 0 Å². The van der Waals surface area contributed by atoms with E-state index < -0.39 is 5.82 Å². The van der Waals surface area contributed by atoms with E-state index in [1.54, 1.807) is 12.3 Å².